The van der Waals surface area contributed by atoms with E-state index < -0.39 is 0 Å². The van der Waals surface area contributed by atoms with Crippen LogP contribution in [0.3, 0.4) is 0 Å². The van der Waals surface area contributed by atoms with Gasteiger partial charge in [0.2, 0.25) is 0 Å². The quantitative estimate of drug-likeness (QED) is 0.596. The maximum Gasteiger partial charge on any atom is 0.256 e. The van der Waals surface area contributed by atoms with Crippen LogP contribution in [-0.4, -0.2) is 64.0 Å². The maximum absolute atomic E-state index is 13.3. The number of aromatic nitrogens is 3. The number of methoxy groups -OCH3 is 1. The first-order valence-electron chi connectivity index (χ1n) is 9.96. The topological polar surface area (TPSA) is 63.5 Å². The predicted octanol–water partition coefficient (Wildman–Crippen LogP) is 3.20. The molecule has 2 aliphatic heterocycles. The van der Waals surface area contributed by atoms with Crippen molar-refractivity contribution in [2.75, 3.05) is 33.8 Å². The van der Waals surface area contributed by atoms with Crippen LogP contribution in [-0.2, 0) is 7.05 Å². The molecule has 2 saturated heterocycles. The van der Waals surface area contributed by atoms with Crippen molar-refractivity contribution in [1.29, 1.82) is 0 Å². The van der Waals surface area contributed by atoms with Gasteiger partial charge in [-0.1, -0.05) is 12.1 Å². The van der Waals surface area contributed by atoms with E-state index in [2.05, 4.69) is 34.0 Å². The van der Waals surface area contributed by atoms with E-state index in [1.807, 2.05) is 28.6 Å². The van der Waals surface area contributed by atoms with Crippen molar-refractivity contribution in [2.24, 2.45) is 18.9 Å². The van der Waals surface area contributed by atoms with Crippen molar-refractivity contribution >= 4 is 41.9 Å². The van der Waals surface area contributed by atoms with Crippen molar-refractivity contribution in [3.8, 4) is 5.75 Å². The largest absolute Gasteiger partial charge is 0.497 e. The van der Waals surface area contributed by atoms with Crippen molar-refractivity contribution < 1.29 is 9.53 Å². The van der Waals surface area contributed by atoms with E-state index in [4.69, 9.17) is 4.74 Å². The molecule has 0 radical (unpaired) electrons. The van der Waals surface area contributed by atoms with Crippen LogP contribution in [0.15, 0.2) is 42.9 Å². The van der Waals surface area contributed by atoms with Crippen LogP contribution < -0.4 is 4.74 Å². The number of aryl methyl sites for hydroxylation is 1. The molecule has 2 fully saturated rings. The van der Waals surface area contributed by atoms with E-state index in [-0.39, 0.29) is 30.7 Å². The molecule has 0 bridgehead atoms. The Bertz CT molecular complexity index is 1070. The van der Waals surface area contributed by atoms with Gasteiger partial charge in [-0.3, -0.25) is 9.69 Å². The molecule has 9 heteroatoms. The van der Waals surface area contributed by atoms with Gasteiger partial charge in [0.05, 0.1) is 19.0 Å². The van der Waals surface area contributed by atoms with Crippen LogP contribution in [0.25, 0.3) is 11.2 Å². The number of carbonyl (C=O) groups excluding carboxylic acids is 1. The lowest BCUT2D eigenvalue weighted by Gasteiger charge is -2.27. The summed E-state index contributed by atoms with van der Waals surface area (Å²) >= 11 is 0. The van der Waals surface area contributed by atoms with E-state index >= 15 is 0 Å². The average molecular weight is 464 g/mol. The van der Waals surface area contributed by atoms with Gasteiger partial charge in [0.15, 0.2) is 5.65 Å². The van der Waals surface area contributed by atoms with E-state index in [0.717, 1.165) is 31.0 Å². The van der Waals surface area contributed by atoms with Crippen molar-refractivity contribution in [1.82, 2.24) is 24.3 Å². The summed E-state index contributed by atoms with van der Waals surface area (Å²) in [4.78, 5) is 26.5. The fraction of sp³-hybridized carbons (Fsp3) is 0.409. The summed E-state index contributed by atoms with van der Waals surface area (Å²) in [7, 11) is 5.76. The van der Waals surface area contributed by atoms with Crippen molar-refractivity contribution in [3.05, 3.63) is 54.0 Å². The molecule has 1 aromatic carbocycles. The van der Waals surface area contributed by atoms with Gasteiger partial charge in [0, 0.05) is 44.8 Å². The van der Waals surface area contributed by atoms with E-state index in [0.29, 0.717) is 29.0 Å². The molecule has 0 saturated carbocycles. The Morgan fingerprint density at radius 3 is 2.48 bits per heavy atom. The molecule has 3 atom stereocenters. The second-order valence-electron chi connectivity index (χ2n) is 8.18. The van der Waals surface area contributed by atoms with Gasteiger partial charge in [-0.15, -0.1) is 24.8 Å². The molecule has 4 heterocycles. The van der Waals surface area contributed by atoms with Crippen molar-refractivity contribution in [2.45, 2.75) is 6.04 Å². The SMILES string of the molecule is COc1ccc([C@H]2[C@@H]3CN(C(=O)c4ccnc5c4ncn5C)C[C@@H]3CN2C)cc1.Cl.Cl. The minimum Gasteiger partial charge on any atom is -0.497 e. The number of benzene rings is 1. The standard InChI is InChI=1S/C22H25N5O2.2ClH/c1-25-10-15-11-27(12-18(15)20(25)14-4-6-16(29-3)7-5-14)22(28)17-8-9-23-21-19(17)24-13-26(21)2;;/h4-9,13,15,18,20H,10-12H2,1-3H3;2*1H/t15-,18+,20-;;/m0../s1. The number of likely N-dealkylation sites (tertiary alicyclic amines) is 2. The maximum atomic E-state index is 13.3. The highest BCUT2D eigenvalue weighted by Crippen LogP contribution is 2.44. The van der Waals surface area contributed by atoms with Gasteiger partial charge >= 0.3 is 0 Å². The highest BCUT2D eigenvalue weighted by Gasteiger charge is 2.47. The third kappa shape index (κ3) is 3.86. The van der Waals surface area contributed by atoms with E-state index in [9.17, 15) is 4.79 Å². The Balaban J connectivity index is 0.00000136. The molecule has 31 heavy (non-hydrogen) atoms. The smallest absolute Gasteiger partial charge is 0.256 e. The molecule has 3 aromatic rings. The first-order chi connectivity index (χ1) is 14.1. The number of hydrogen-bond donors (Lipinski definition) is 0. The van der Waals surface area contributed by atoms with Crippen LogP contribution >= 0.6 is 24.8 Å². The van der Waals surface area contributed by atoms with Crippen LogP contribution in [0.5, 0.6) is 5.75 Å². The lowest BCUT2D eigenvalue weighted by molar-refractivity contribution is 0.0769. The highest BCUT2D eigenvalue weighted by atomic mass is 35.5. The zero-order valence-electron chi connectivity index (χ0n) is 17.8. The number of halogens is 2. The number of ether oxygens (including phenoxy) is 1. The zero-order valence-corrected chi connectivity index (χ0v) is 19.4. The number of hydrogen-bond acceptors (Lipinski definition) is 5. The molecular formula is C22H27Cl2N5O2. The van der Waals surface area contributed by atoms with Crippen LogP contribution in [0.1, 0.15) is 22.0 Å². The number of amides is 1. The van der Waals surface area contributed by atoms with Gasteiger partial charge < -0.3 is 14.2 Å². The molecule has 0 aliphatic carbocycles. The van der Waals surface area contributed by atoms with Gasteiger partial charge in [0.1, 0.15) is 11.3 Å². The fourth-order valence-electron chi connectivity index (χ4n) is 5.10. The minimum absolute atomic E-state index is 0. The molecular weight excluding hydrogens is 437 g/mol. The summed E-state index contributed by atoms with van der Waals surface area (Å²) in [5.74, 6) is 1.84. The molecule has 2 aromatic heterocycles. The minimum atomic E-state index is 0. The third-order valence-electron chi connectivity index (χ3n) is 6.47. The third-order valence-corrected chi connectivity index (χ3v) is 6.47. The first-order valence-corrected chi connectivity index (χ1v) is 9.96. The fourth-order valence-corrected chi connectivity index (χ4v) is 5.10. The van der Waals surface area contributed by atoms with Crippen LogP contribution in [0.2, 0.25) is 0 Å². The molecule has 5 rings (SSSR count). The van der Waals surface area contributed by atoms with Crippen LogP contribution in [0.4, 0.5) is 0 Å². The Morgan fingerprint density at radius 1 is 1.03 bits per heavy atom. The van der Waals surface area contributed by atoms with Crippen molar-refractivity contribution in [3.63, 3.8) is 0 Å². The average Bonchev–Trinajstić information content (AvgIpc) is 3.40. The summed E-state index contributed by atoms with van der Waals surface area (Å²) in [5.41, 5.74) is 3.35. The second-order valence-corrected chi connectivity index (χ2v) is 8.18. The number of carbonyl (C=O) groups is 1. The van der Waals surface area contributed by atoms with Gasteiger partial charge in [-0.2, -0.15) is 0 Å². The van der Waals surface area contributed by atoms with Gasteiger partial charge in [0.25, 0.3) is 5.91 Å². The molecule has 0 N–H and O–H groups in total. The summed E-state index contributed by atoms with van der Waals surface area (Å²) in [5, 5.41) is 0. The zero-order chi connectivity index (χ0) is 20.1. The normalized spacial score (nSPS) is 22.7. The van der Waals surface area contributed by atoms with Crippen LogP contribution in [0, 0.1) is 11.8 Å². The second kappa shape index (κ2) is 9.02. The number of imidazole rings is 1. The molecule has 1 amide bonds. The molecule has 166 valence electrons. The monoisotopic (exact) mass is 463 g/mol. The summed E-state index contributed by atoms with van der Waals surface area (Å²) in [6.45, 7) is 2.55. The summed E-state index contributed by atoms with van der Waals surface area (Å²) in [6.07, 6.45) is 3.41. The summed E-state index contributed by atoms with van der Waals surface area (Å²) in [6, 6.07) is 10.4. The lowest BCUT2D eigenvalue weighted by atomic mass is 9.89. The highest BCUT2D eigenvalue weighted by molar-refractivity contribution is 6.04. The Labute approximate surface area is 194 Å². The summed E-state index contributed by atoms with van der Waals surface area (Å²) < 4.78 is 7.15. The molecule has 0 spiro atoms. The predicted molar refractivity (Wildman–Crippen MR) is 124 cm³/mol. The van der Waals surface area contributed by atoms with Gasteiger partial charge in [-0.25, -0.2) is 9.97 Å². The Morgan fingerprint density at radius 2 is 1.77 bits per heavy atom. The molecule has 2 aliphatic rings. The number of nitrogens with zero attached hydrogens (tertiary/aromatic N) is 5. The lowest BCUT2D eigenvalue weighted by Crippen LogP contribution is -2.33. The molecule has 7 nitrogen and oxygen atoms in total. The van der Waals surface area contributed by atoms with E-state index in [1.54, 1.807) is 25.7 Å². The Hall–Kier alpha value is -2.35. The number of pyridine rings is 1. The van der Waals surface area contributed by atoms with E-state index in [1.165, 1.54) is 5.56 Å². The number of rotatable bonds is 3. The first kappa shape index (κ1) is 23.3. The van der Waals surface area contributed by atoms with Gasteiger partial charge in [-0.05, 0) is 36.7 Å². The molecule has 0 unspecified atom stereocenters. The number of fused-ring (bicyclic) bond motifs is 2. The Kier molecular flexibility index (Phi) is 6.79.